The lowest BCUT2D eigenvalue weighted by Crippen LogP contribution is -1.32. The smallest absolute Gasteiger partial charge is 0.0790 e. The molecule has 0 spiro atoms. The van der Waals surface area contributed by atoms with Gasteiger partial charge >= 0.3 is 0 Å². The summed E-state index contributed by atoms with van der Waals surface area (Å²) in [6.07, 6.45) is 0. The highest BCUT2D eigenvalue weighted by molar-refractivity contribution is 14.2. The summed E-state index contributed by atoms with van der Waals surface area (Å²) in [5.74, 6) is 0. The molecule has 0 amide bonds. The molecule has 0 aromatic heterocycles. The first-order valence-corrected chi connectivity index (χ1v) is 7.54. The summed E-state index contributed by atoms with van der Waals surface area (Å²) in [5.41, 5.74) is 0. The Hall–Kier alpha value is 1.74. The molecular weight excluding hydrogens is 240 g/mol. The van der Waals surface area contributed by atoms with E-state index in [0.717, 1.165) is 7.04 Å². The van der Waals surface area contributed by atoms with Crippen LogP contribution >= 0.6 is 37.2 Å². The Balaban J connectivity index is 3.14. The summed E-state index contributed by atoms with van der Waals surface area (Å²) in [6, 6.07) is 0. The molecule has 0 N–H and O–H groups in total. The monoisotopic (exact) mass is 242 g/mol. The molecular formula is H2FIP2S. The minimum atomic E-state index is -0.917. The zero-order valence-electron chi connectivity index (χ0n) is 2.19. The van der Waals surface area contributed by atoms with Crippen LogP contribution in [0.2, 0.25) is 0 Å². The third-order valence-electron chi connectivity index (χ3n) is 0.0797. The SMILES string of the molecule is FS(I)=PP. The van der Waals surface area contributed by atoms with Gasteiger partial charge in [0, 0.05) is 21.2 Å². The van der Waals surface area contributed by atoms with Crippen molar-refractivity contribution < 1.29 is 3.89 Å². The van der Waals surface area contributed by atoms with Crippen LogP contribution in [0.25, 0.3) is 0 Å². The van der Waals surface area contributed by atoms with Gasteiger partial charge in [-0.15, -0.1) is 0 Å². The third-order valence-corrected chi connectivity index (χ3v) is 8.29. The largest absolute Gasteiger partial charge is 0.158 e. The Labute approximate surface area is 48.7 Å². The number of hydrogen-bond donors (Lipinski definition) is 0. The molecule has 0 rings (SSSR count). The zero-order chi connectivity index (χ0) is 4.28. The lowest BCUT2D eigenvalue weighted by Gasteiger charge is -1.66. The van der Waals surface area contributed by atoms with E-state index in [2.05, 4.69) is 8.93 Å². The van der Waals surface area contributed by atoms with Crippen LogP contribution in [0.5, 0.6) is 0 Å². The highest BCUT2D eigenvalue weighted by Crippen LogP contribution is 2.19. The maximum absolute atomic E-state index is 11.4. The van der Waals surface area contributed by atoms with Crippen LogP contribution in [0.4, 0.5) is 3.89 Å². The first-order valence-electron chi connectivity index (χ1n) is 0.749. The van der Waals surface area contributed by atoms with E-state index in [1.807, 2.05) is 0 Å². The standard InChI is InChI=1S/FH2IP2S/c1-5(2)4-3/h3H2. The van der Waals surface area contributed by atoms with Crippen molar-refractivity contribution in [1.29, 1.82) is 0 Å². The van der Waals surface area contributed by atoms with Crippen LogP contribution in [0.15, 0.2) is 0 Å². The second kappa shape index (κ2) is 3.91. The lowest BCUT2D eigenvalue weighted by atomic mass is 18.9. The first-order chi connectivity index (χ1) is 2.27. The molecule has 0 saturated carbocycles. The van der Waals surface area contributed by atoms with Crippen LogP contribution < -0.4 is 0 Å². The van der Waals surface area contributed by atoms with E-state index in [0.29, 0.717) is 0 Å². The van der Waals surface area contributed by atoms with Gasteiger partial charge in [0.2, 0.25) is 0 Å². The van der Waals surface area contributed by atoms with Gasteiger partial charge in [0.25, 0.3) is 0 Å². The molecule has 0 bridgehead atoms. The molecule has 0 aromatic rings. The van der Waals surface area contributed by atoms with E-state index in [1.165, 1.54) is 0 Å². The van der Waals surface area contributed by atoms with Crippen molar-refractivity contribution in [3.63, 3.8) is 0 Å². The summed E-state index contributed by atoms with van der Waals surface area (Å²) in [6.45, 7) is 0. The summed E-state index contributed by atoms with van der Waals surface area (Å²) in [5, 5.41) is 0. The van der Waals surface area contributed by atoms with Gasteiger partial charge in [-0.1, -0.05) is 8.93 Å². The Kier molecular flexibility index (Phi) is 5.28. The van der Waals surface area contributed by atoms with E-state index < -0.39 is 7.63 Å². The molecule has 0 aliphatic heterocycles. The van der Waals surface area contributed by atoms with Gasteiger partial charge in [0.15, 0.2) is 0 Å². The van der Waals surface area contributed by atoms with E-state index >= 15 is 0 Å². The highest BCUT2D eigenvalue weighted by atomic mass is 127. The van der Waals surface area contributed by atoms with Gasteiger partial charge in [0.1, 0.15) is 0 Å². The zero-order valence-corrected chi connectivity index (χ0v) is 7.21. The predicted molar refractivity (Wildman–Crippen MR) is 39.1 cm³/mol. The topological polar surface area (TPSA) is 0 Å². The predicted octanol–water partition coefficient (Wildman–Crippen LogP) is 2.49. The lowest BCUT2D eigenvalue weighted by molar-refractivity contribution is 0.948. The van der Waals surface area contributed by atoms with Crippen molar-refractivity contribution in [3.05, 3.63) is 0 Å². The van der Waals surface area contributed by atoms with Gasteiger partial charge in [0.05, 0.1) is 7.63 Å². The van der Waals surface area contributed by atoms with Gasteiger partial charge in [-0.3, -0.25) is 0 Å². The van der Waals surface area contributed by atoms with Gasteiger partial charge in [-0.25, -0.2) is 0 Å². The maximum Gasteiger partial charge on any atom is 0.0790 e. The molecule has 0 fully saturated rings. The quantitative estimate of drug-likeness (QED) is 0.452. The Bertz CT molecular complexity index is 47.6. The van der Waals surface area contributed by atoms with Crippen molar-refractivity contribution in [3.8, 4) is 0 Å². The molecule has 5 heteroatoms. The fourth-order valence-corrected chi connectivity index (χ4v) is 0. The molecule has 2 atom stereocenters. The normalized spacial score (nSPS) is 15.8. The molecule has 0 saturated heterocycles. The number of hydrogen-bond acceptors (Lipinski definition) is 0. The van der Waals surface area contributed by atoms with E-state index in [-0.39, 0.29) is 0 Å². The van der Waals surface area contributed by atoms with Crippen LogP contribution in [-0.2, 0) is 7.63 Å². The maximum atomic E-state index is 11.4. The van der Waals surface area contributed by atoms with Crippen LogP contribution in [0, 0.1) is 0 Å². The average molecular weight is 242 g/mol. The minimum Gasteiger partial charge on any atom is -0.158 e. The highest BCUT2D eigenvalue weighted by Gasteiger charge is 1.68. The molecule has 5 heavy (non-hydrogen) atoms. The molecule has 0 radical (unpaired) electrons. The molecule has 0 nitrogen and oxygen atoms in total. The molecule has 0 aliphatic rings. The van der Waals surface area contributed by atoms with Gasteiger partial charge in [-0.2, -0.15) is 3.89 Å². The van der Waals surface area contributed by atoms with Gasteiger partial charge < -0.3 is 0 Å². The number of rotatable bonds is 0. The Morgan fingerprint density at radius 3 is 2.20 bits per heavy atom. The summed E-state index contributed by atoms with van der Waals surface area (Å²) < 4.78 is 11.4. The van der Waals surface area contributed by atoms with E-state index in [4.69, 9.17) is 0 Å². The fraction of sp³-hybridized carbons (Fsp3) is 0. The summed E-state index contributed by atoms with van der Waals surface area (Å²) in [4.78, 5) is 0. The Morgan fingerprint density at radius 2 is 2.20 bits per heavy atom. The Morgan fingerprint density at radius 1 is 2.00 bits per heavy atom. The van der Waals surface area contributed by atoms with Crippen LogP contribution in [-0.4, -0.2) is 0 Å². The second-order valence-corrected chi connectivity index (χ2v) is 8.81. The van der Waals surface area contributed by atoms with Crippen molar-refractivity contribution in [1.82, 2.24) is 0 Å². The van der Waals surface area contributed by atoms with Crippen LogP contribution in [0.3, 0.4) is 0 Å². The fourth-order valence-electron chi connectivity index (χ4n) is 0. The van der Waals surface area contributed by atoms with Crippen LogP contribution in [0.1, 0.15) is 0 Å². The third kappa shape index (κ3) is 5.74. The minimum absolute atomic E-state index is 0.761. The molecule has 2 unspecified atom stereocenters. The molecule has 32 valence electrons. The van der Waals surface area contributed by atoms with Crippen molar-refractivity contribution in [2.45, 2.75) is 0 Å². The van der Waals surface area contributed by atoms with Gasteiger partial charge in [-0.05, 0) is 7.04 Å². The van der Waals surface area contributed by atoms with Crippen molar-refractivity contribution in [2.24, 2.45) is 0 Å². The molecule has 0 aliphatic carbocycles. The van der Waals surface area contributed by atoms with Crippen molar-refractivity contribution >= 4 is 44.8 Å². The molecule has 0 aromatic carbocycles. The molecule has 0 heterocycles. The summed E-state index contributed by atoms with van der Waals surface area (Å²) in [7, 11) is 2.14. The first kappa shape index (κ1) is 6.74. The number of halogens is 2. The summed E-state index contributed by atoms with van der Waals surface area (Å²) >= 11 is 1.73. The average Bonchev–Trinajstić information content (AvgIpc) is 1.38. The second-order valence-electron chi connectivity index (χ2n) is 0.302. The van der Waals surface area contributed by atoms with Crippen molar-refractivity contribution in [2.75, 3.05) is 0 Å². The van der Waals surface area contributed by atoms with E-state index in [1.54, 1.807) is 21.2 Å². The van der Waals surface area contributed by atoms with E-state index in [9.17, 15) is 3.89 Å².